The monoisotopic (exact) mass is 434 g/mol. The maximum absolute atomic E-state index is 13.4. The van der Waals surface area contributed by atoms with Gasteiger partial charge in [-0.3, -0.25) is 4.90 Å². The first kappa shape index (κ1) is 23.6. The maximum Gasteiger partial charge on any atom is 0.416 e. The Labute approximate surface area is 183 Å². The molecule has 0 bridgehead atoms. The second-order valence-electron chi connectivity index (χ2n) is 8.74. The Morgan fingerprint density at radius 2 is 1.68 bits per heavy atom. The summed E-state index contributed by atoms with van der Waals surface area (Å²) in [6, 6.07) is 15.7. The Kier molecular flexibility index (Phi) is 8.38. The van der Waals surface area contributed by atoms with Crippen molar-refractivity contribution in [1.29, 1.82) is 0 Å². The largest absolute Gasteiger partial charge is 0.416 e. The van der Waals surface area contributed by atoms with E-state index in [1.54, 1.807) is 6.07 Å². The van der Waals surface area contributed by atoms with Crippen LogP contribution < -0.4 is 4.90 Å². The Morgan fingerprint density at radius 3 is 2.32 bits per heavy atom. The molecule has 170 valence electrons. The van der Waals surface area contributed by atoms with Crippen molar-refractivity contribution >= 4 is 5.69 Å². The van der Waals surface area contributed by atoms with Gasteiger partial charge in [-0.05, 0) is 55.6 Å². The van der Waals surface area contributed by atoms with Gasteiger partial charge in [0.25, 0.3) is 0 Å². The summed E-state index contributed by atoms with van der Waals surface area (Å²) in [6.45, 7) is 8.71. The Morgan fingerprint density at radius 1 is 0.968 bits per heavy atom. The van der Waals surface area contributed by atoms with Crippen LogP contribution in [-0.2, 0) is 17.5 Å². The fourth-order valence-electron chi connectivity index (χ4n) is 4.02. The van der Waals surface area contributed by atoms with E-state index in [2.05, 4.69) is 23.6 Å². The normalized spacial score (nSPS) is 16.1. The summed E-state index contributed by atoms with van der Waals surface area (Å²) >= 11 is 0. The van der Waals surface area contributed by atoms with Crippen LogP contribution in [0.1, 0.15) is 37.8 Å². The number of rotatable bonds is 10. The third kappa shape index (κ3) is 7.25. The van der Waals surface area contributed by atoms with Gasteiger partial charge in [0.05, 0.1) is 18.2 Å². The van der Waals surface area contributed by atoms with Crippen molar-refractivity contribution in [3.05, 3.63) is 65.7 Å². The van der Waals surface area contributed by atoms with E-state index in [0.717, 1.165) is 37.6 Å². The summed E-state index contributed by atoms with van der Waals surface area (Å²) in [5, 5.41) is 0. The molecule has 0 spiro atoms. The van der Waals surface area contributed by atoms with E-state index < -0.39 is 11.7 Å². The van der Waals surface area contributed by atoms with Gasteiger partial charge in [-0.25, -0.2) is 0 Å². The lowest BCUT2D eigenvalue weighted by atomic mass is 10.1. The topological polar surface area (TPSA) is 15.7 Å². The first-order valence-corrected chi connectivity index (χ1v) is 11.1. The van der Waals surface area contributed by atoms with Crippen LogP contribution >= 0.6 is 0 Å². The van der Waals surface area contributed by atoms with E-state index >= 15 is 0 Å². The van der Waals surface area contributed by atoms with Crippen LogP contribution in [0, 0.1) is 5.92 Å². The van der Waals surface area contributed by atoms with E-state index in [9.17, 15) is 13.2 Å². The van der Waals surface area contributed by atoms with Crippen LogP contribution in [0.4, 0.5) is 18.9 Å². The second kappa shape index (κ2) is 11.0. The summed E-state index contributed by atoms with van der Waals surface area (Å²) in [4.78, 5) is 4.48. The van der Waals surface area contributed by atoms with Gasteiger partial charge in [-0.1, -0.05) is 50.2 Å². The third-order valence-electron chi connectivity index (χ3n) is 5.60. The Hall–Kier alpha value is -2.05. The molecule has 2 aromatic carbocycles. The molecule has 31 heavy (non-hydrogen) atoms. The number of alkyl halides is 3. The van der Waals surface area contributed by atoms with Crippen molar-refractivity contribution in [3.8, 4) is 0 Å². The molecule has 3 rings (SSSR count). The standard InChI is InChI=1S/C25H33F3N2O/c1-20(2)18-31-19-24(29-13-6-7-14-29)17-30(16-21-9-4-3-5-10-21)23-12-8-11-22(15-23)25(26,27)28/h3-5,8-12,15,20,24H,6-7,13-14,16-19H2,1-2H3. The van der Waals surface area contributed by atoms with Crippen molar-refractivity contribution in [2.75, 3.05) is 37.7 Å². The number of ether oxygens (including phenoxy) is 1. The molecule has 3 nitrogen and oxygen atoms in total. The zero-order chi connectivity index (χ0) is 22.3. The Bertz CT molecular complexity index is 789. The fourth-order valence-corrected chi connectivity index (χ4v) is 4.02. The molecule has 0 N–H and O–H groups in total. The summed E-state index contributed by atoms with van der Waals surface area (Å²) in [7, 11) is 0. The highest BCUT2D eigenvalue weighted by Crippen LogP contribution is 2.32. The number of hydrogen-bond acceptors (Lipinski definition) is 3. The molecule has 1 aliphatic rings. The highest BCUT2D eigenvalue weighted by atomic mass is 19.4. The first-order chi connectivity index (χ1) is 14.8. The molecule has 1 heterocycles. The van der Waals surface area contributed by atoms with Crippen LogP contribution in [0.5, 0.6) is 0 Å². The number of anilines is 1. The van der Waals surface area contributed by atoms with E-state index in [0.29, 0.717) is 37.9 Å². The van der Waals surface area contributed by atoms with Gasteiger partial charge in [0.15, 0.2) is 0 Å². The molecule has 0 aromatic heterocycles. The van der Waals surface area contributed by atoms with Gasteiger partial charge >= 0.3 is 6.18 Å². The van der Waals surface area contributed by atoms with Crippen molar-refractivity contribution in [2.24, 2.45) is 5.92 Å². The third-order valence-corrected chi connectivity index (χ3v) is 5.60. The summed E-state index contributed by atoms with van der Waals surface area (Å²) in [5.41, 5.74) is 1.05. The van der Waals surface area contributed by atoms with Gasteiger partial charge in [-0.2, -0.15) is 13.2 Å². The van der Waals surface area contributed by atoms with Crippen LogP contribution in [-0.4, -0.2) is 43.8 Å². The van der Waals surface area contributed by atoms with Gasteiger partial charge in [0, 0.05) is 25.4 Å². The maximum atomic E-state index is 13.4. The highest BCUT2D eigenvalue weighted by molar-refractivity contribution is 5.50. The van der Waals surface area contributed by atoms with Gasteiger partial charge in [0.2, 0.25) is 0 Å². The van der Waals surface area contributed by atoms with Gasteiger partial charge in [-0.15, -0.1) is 0 Å². The average molecular weight is 435 g/mol. The number of nitrogens with zero attached hydrogens (tertiary/aromatic N) is 2. The quantitative estimate of drug-likeness (QED) is 0.467. The minimum absolute atomic E-state index is 0.138. The summed E-state index contributed by atoms with van der Waals surface area (Å²) in [5.74, 6) is 0.447. The minimum atomic E-state index is -4.36. The lowest BCUT2D eigenvalue weighted by Gasteiger charge is -2.35. The fraction of sp³-hybridized carbons (Fsp3) is 0.520. The zero-order valence-electron chi connectivity index (χ0n) is 18.4. The molecule has 1 atom stereocenters. The van der Waals surface area contributed by atoms with E-state index in [1.165, 1.54) is 12.1 Å². The van der Waals surface area contributed by atoms with Crippen LogP contribution in [0.15, 0.2) is 54.6 Å². The van der Waals surface area contributed by atoms with E-state index in [-0.39, 0.29) is 6.04 Å². The molecule has 1 unspecified atom stereocenters. The molecule has 0 aliphatic carbocycles. The number of halogens is 3. The smallest absolute Gasteiger partial charge is 0.379 e. The summed E-state index contributed by atoms with van der Waals surface area (Å²) < 4.78 is 46.1. The Balaban J connectivity index is 1.85. The molecular weight excluding hydrogens is 401 g/mol. The lowest BCUT2D eigenvalue weighted by Crippen LogP contribution is -2.45. The van der Waals surface area contributed by atoms with Crippen molar-refractivity contribution < 1.29 is 17.9 Å². The van der Waals surface area contributed by atoms with E-state index in [4.69, 9.17) is 4.74 Å². The molecule has 1 fully saturated rings. The molecular formula is C25H33F3N2O. The molecule has 1 aliphatic heterocycles. The number of benzene rings is 2. The number of hydrogen-bond donors (Lipinski definition) is 0. The number of likely N-dealkylation sites (tertiary alicyclic amines) is 1. The highest BCUT2D eigenvalue weighted by Gasteiger charge is 2.31. The van der Waals surface area contributed by atoms with E-state index in [1.807, 2.05) is 30.3 Å². The zero-order valence-corrected chi connectivity index (χ0v) is 18.4. The predicted molar refractivity (Wildman–Crippen MR) is 119 cm³/mol. The first-order valence-electron chi connectivity index (χ1n) is 11.1. The van der Waals surface area contributed by atoms with Crippen LogP contribution in [0.25, 0.3) is 0 Å². The van der Waals surface area contributed by atoms with Gasteiger partial charge < -0.3 is 9.64 Å². The molecule has 1 saturated heterocycles. The SMILES string of the molecule is CC(C)COCC(CN(Cc1ccccc1)c1cccc(C(F)(F)F)c1)N1CCCC1. The van der Waals surface area contributed by atoms with Crippen LogP contribution in [0.2, 0.25) is 0 Å². The van der Waals surface area contributed by atoms with Crippen molar-refractivity contribution in [1.82, 2.24) is 4.90 Å². The second-order valence-corrected chi connectivity index (χ2v) is 8.74. The van der Waals surface area contributed by atoms with Gasteiger partial charge in [0.1, 0.15) is 0 Å². The van der Waals surface area contributed by atoms with Crippen LogP contribution in [0.3, 0.4) is 0 Å². The molecule has 2 aromatic rings. The molecule has 0 amide bonds. The minimum Gasteiger partial charge on any atom is -0.379 e. The molecule has 6 heteroatoms. The summed E-state index contributed by atoms with van der Waals surface area (Å²) in [6.07, 6.45) is -2.05. The van der Waals surface area contributed by atoms with Crippen molar-refractivity contribution in [3.63, 3.8) is 0 Å². The average Bonchev–Trinajstić information content (AvgIpc) is 3.27. The lowest BCUT2D eigenvalue weighted by molar-refractivity contribution is -0.137. The molecule has 0 saturated carbocycles. The predicted octanol–water partition coefficient (Wildman–Crippen LogP) is 5.85. The molecule has 0 radical (unpaired) electrons. The van der Waals surface area contributed by atoms with Crippen molar-refractivity contribution in [2.45, 2.75) is 45.5 Å².